The Morgan fingerprint density at radius 2 is 1.33 bits per heavy atom. The highest BCUT2D eigenvalue weighted by Crippen LogP contribution is 2.34. The quantitative estimate of drug-likeness (QED) is 0.275. The van der Waals surface area contributed by atoms with Crippen molar-refractivity contribution in [2.24, 2.45) is 4.99 Å². The molecule has 0 atom stereocenters. The molecular formula is C31H27N3O2. The van der Waals surface area contributed by atoms with E-state index in [4.69, 9.17) is 4.74 Å². The van der Waals surface area contributed by atoms with Crippen LogP contribution in [0.3, 0.4) is 0 Å². The van der Waals surface area contributed by atoms with Crippen LogP contribution in [-0.4, -0.2) is 23.4 Å². The smallest absolute Gasteiger partial charge is 0.305 e. The van der Waals surface area contributed by atoms with E-state index in [-0.39, 0.29) is 11.7 Å². The molecule has 0 bridgehead atoms. The van der Waals surface area contributed by atoms with E-state index in [1.165, 1.54) is 0 Å². The predicted molar refractivity (Wildman–Crippen MR) is 146 cm³/mol. The van der Waals surface area contributed by atoms with Crippen molar-refractivity contribution < 1.29 is 9.53 Å². The first-order valence-corrected chi connectivity index (χ1v) is 12.0. The second kappa shape index (κ2) is 10.3. The third-order valence-corrected chi connectivity index (χ3v) is 5.94. The van der Waals surface area contributed by atoms with Crippen LogP contribution < -0.4 is 4.90 Å². The van der Waals surface area contributed by atoms with Crippen molar-refractivity contribution in [3.05, 3.63) is 126 Å². The van der Waals surface area contributed by atoms with Crippen LogP contribution in [0.1, 0.15) is 18.1 Å². The summed E-state index contributed by atoms with van der Waals surface area (Å²) in [6.45, 7) is 4.41. The van der Waals surface area contributed by atoms with Crippen molar-refractivity contribution in [1.29, 1.82) is 0 Å². The Labute approximate surface area is 211 Å². The van der Waals surface area contributed by atoms with Crippen LogP contribution in [-0.2, 0) is 9.53 Å². The molecule has 36 heavy (non-hydrogen) atoms. The number of amides is 1. The first-order valence-electron chi connectivity index (χ1n) is 12.0. The number of anilines is 3. The number of hydrogen-bond donors (Lipinski definition) is 0. The number of hydrogen-bond acceptors (Lipinski definition) is 4. The Morgan fingerprint density at radius 1 is 0.778 bits per heavy atom. The van der Waals surface area contributed by atoms with Crippen molar-refractivity contribution in [2.75, 3.05) is 11.4 Å². The van der Waals surface area contributed by atoms with Gasteiger partial charge < -0.3 is 9.64 Å². The molecule has 1 amide bonds. The van der Waals surface area contributed by atoms with Gasteiger partial charge in [0.05, 0.1) is 5.69 Å². The summed E-state index contributed by atoms with van der Waals surface area (Å²) >= 11 is 0. The summed E-state index contributed by atoms with van der Waals surface area (Å²) in [4.78, 5) is 21.3. The van der Waals surface area contributed by atoms with E-state index < -0.39 is 0 Å². The van der Waals surface area contributed by atoms with Gasteiger partial charge in [0.2, 0.25) is 0 Å². The third-order valence-electron chi connectivity index (χ3n) is 5.94. The summed E-state index contributed by atoms with van der Waals surface area (Å²) < 4.78 is 5.91. The van der Waals surface area contributed by atoms with Crippen LogP contribution in [0.5, 0.6) is 0 Å². The van der Waals surface area contributed by atoms with Crippen molar-refractivity contribution >= 4 is 40.8 Å². The molecule has 178 valence electrons. The summed E-state index contributed by atoms with van der Waals surface area (Å²) in [5.74, 6) is 0.0704. The normalized spacial score (nSPS) is 15.4. The lowest BCUT2D eigenvalue weighted by molar-refractivity contribution is -0.122. The van der Waals surface area contributed by atoms with Gasteiger partial charge >= 0.3 is 6.02 Å². The van der Waals surface area contributed by atoms with Crippen molar-refractivity contribution in [2.45, 2.75) is 13.8 Å². The minimum Gasteiger partial charge on any atom is -0.419 e. The van der Waals surface area contributed by atoms with Crippen LogP contribution in [0.25, 0.3) is 6.08 Å². The van der Waals surface area contributed by atoms with Gasteiger partial charge in [0.15, 0.2) is 5.76 Å². The Bertz CT molecular complexity index is 1350. The number of benzene rings is 4. The van der Waals surface area contributed by atoms with Crippen LogP contribution in [0.2, 0.25) is 0 Å². The minimum atomic E-state index is -0.192. The van der Waals surface area contributed by atoms with E-state index in [0.29, 0.717) is 12.6 Å². The van der Waals surface area contributed by atoms with Gasteiger partial charge in [0, 0.05) is 23.6 Å². The molecule has 0 N–H and O–H groups in total. The number of carbonyl (C=O) groups is 1. The number of rotatable bonds is 6. The zero-order valence-electron chi connectivity index (χ0n) is 20.3. The standard InChI is InChI=1S/C31H27N3O2/c1-3-33-30(35)29(36-31(33)32-25-18-14-23(2)15-19-25)22-24-16-20-28(21-17-24)34(26-10-6-4-7-11-26)27-12-8-5-9-13-27/h4-22H,3H2,1-2H3/b29-22+,32-31?. The van der Waals surface area contributed by atoms with Crippen LogP contribution in [0.4, 0.5) is 22.7 Å². The fourth-order valence-electron chi connectivity index (χ4n) is 4.07. The number of ether oxygens (including phenoxy) is 1. The molecule has 0 aliphatic carbocycles. The lowest BCUT2D eigenvalue weighted by Gasteiger charge is -2.25. The molecule has 0 saturated carbocycles. The highest BCUT2D eigenvalue weighted by atomic mass is 16.5. The number of aliphatic imine (C=N–C) groups is 1. The predicted octanol–water partition coefficient (Wildman–Crippen LogP) is 7.37. The topological polar surface area (TPSA) is 45.1 Å². The third kappa shape index (κ3) is 4.91. The summed E-state index contributed by atoms with van der Waals surface area (Å²) in [6.07, 6.45) is 1.77. The minimum absolute atomic E-state index is 0.192. The molecule has 1 aliphatic heterocycles. The molecule has 4 aromatic carbocycles. The molecular weight excluding hydrogens is 446 g/mol. The highest BCUT2D eigenvalue weighted by Gasteiger charge is 2.33. The number of nitrogens with zero attached hydrogens (tertiary/aromatic N) is 3. The van der Waals surface area contributed by atoms with Crippen molar-refractivity contribution in [1.82, 2.24) is 4.90 Å². The van der Waals surface area contributed by atoms with E-state index in [1.54, 1.807) is 11.0 Å². The number of aryl methyl sites for hydroxylation is 1. The molecule has 0 radical (unpaired) electrons. The van der Waals surface area contributed by atoms with Gasteiger partial charge in [-0.2, -0.15) is 4.99 Å². The first kappa shape index (κ1) is 23.1. The average Bonchev–Trinajstić information content (AvgIpc) is 3.21. The summed E-state index contributed by atoms with van der Waals surface area (Å²) in [5, 5.41) is 0. The first-order chi connectivity index (χ1) is 17.6. The van der Waals surface area contributed by atoms with E-state index in [2.05, 4.69) is 34.2 Å². The molecule has 1 heterocycles. The molecule has 1 fully saturated rings. The molecule has 0 unspecified atom stereocenters. The van der Waals surface area contributed by atoms with Gasteiger partial charge in [0.25, 0.3) is 5.91 Å². The molecule has 5 nitrogen and oxygen atoms in total. The van der Waals surface area contributed by atoms with Gasteiger partial charge in [-0.3, -0.25) is 9.69 Å². The lowest BCUT2D eigenvalue weighted by Crippen LogP contribution is -2.29. The number of amidine groups is 1. The van der Waals surface area contributed by atoms with Crippen LogP contribution in [0.15, 0.2) is 120 Å². The molecule has 4 aromatic rings. The Kier molecular flexibility index (Phi) is 6.63. The van der Waals surface area contributed by atoms with E-state index in [1.807, 2.05) is 98.8 Å². The molecule has 5 rings (SSSR count). The van der Waals surface area contributed by atoms with Gasteiger partial charge in [-0.25, -0.2) is 0 Å². The Morgan fingerprint density at radius 3 is 1.89 bits per heavy atom. The Balaban J connectivity index is 1.43. The Hall–Kier alpha value is -4.64. The van der Waals surface area contributed by atoms with Gasteiger partial charge in [0.1, 0.15) is 0 Å². The van der Waals surface area contributed by atoms with Crippen LogP contribution >= 0.6 is 0 Å². The second-order valence-electron chi connectivity index (χ2n) is 8.49. The summed E-state index contributed by atoms with van der Waals surface area (Å²) in [6, 6.07) is 36.6. The summed E-state index contributed by atoms with van der Waals surface area (Å²) in [5.41, 5.74) is 5.92. The molecule has 5 heteroatoms. The van der Waals surface area contributed by atoms with E-state index >= 15 is 0 Å². The molecule has 1 saturated heterocycles. The fourth-order valence-corrected chi connectivity index (χ4v) is 4.07. The van der Waals surface area contributed by atoms with Gasteiger partial charge in [-0.1, -0.05) is 66.2 Å². The maximum Gasteiger partial charge on any atom is 0.305 e. The summed E-state index contributed by atoms with van der Waals surface area (Å²) in [7, 11) is 0. The number of carbonyl (C=O) groups excluding carboxylic acids is 1. The van der Waals surface area contributed by atoms with Crippen LogP contribution in [0, 0.1) is 6.92 Å². The van der Waals surface area contributed by atoms with Crippen molar-refractivity contribution in [3.63, 3.8) is 0 Å². The molecule has 0 spiro atoms. The monoisotopic (exact) mass is 473 g/mol. The zero-order chi connectivity index (χ0) is 24.9. The maximum absolute atomic E-state index is 13.0. The lowest BCUT2D eigenvalue weighted by atomic mass is 10.1. The SMILES string of the molecule is CCN1C(=O)/C(=C\c2ccc(N(c3ccccc3)c3ccccc3)cc2)OC1=Nc1ccc(C)cc1. The number of para-hydroxylation sites is 2. The van der Waals surface area contributed by atoms with Crippen molar-refractivity contribution in [3.8, 4) is 0 Å². The zero-order valence-corrected chi connectivity index (χ0v) is 20.3. The second-order valence-corrected chi connectivity index (χ2v) is 8.49. The fraction of sp³-hybridized carbons (Fsp3) is 0.0968. The van der Waals surface area contributed by atoms with E-state index in [9.17, 15) is 4.79 Å². The largest absolute Gasteiger partial charge is 0.419 e. The highest BCUT2D eigenvalue weighted by molar-refractivity contribution is 6.11. The molecule has 1 aliphatic rings. The number of likely N-dealkylation sites (N-methyl/N-ethyl adjacent to an activating group) is 1. The van der Waals surface area contributed by atoms with Gasteiger partial charge in [-0.05, 0) is 74.0 Å². The average molecular weight is 474 g/mol. The van der Waals surface area contributed by atoms with Gasteiger partial charge in [-0.15, -0.1) is 0 Å². The van der Waals surface area contributed by atoms with E-state index in [0.717, 1.165) is 33.9 Å². The molecule has 0 aromatic heterocycles. The maximum atomic E-state index is 13.0.